The first-order valence-corrected chi connectivity index (χ1v) is 10.6. The fourth-order valence-corrected chi connectivity index (χ4v) is 7.58. The molecule has 1 heterocycles. The second-order valence-electron chi connectivity index (χ2n) is 9.45. The van der Waals surface area contributed by atoms with Crippen LogP contribution in [-0.2, 0) is 15.4 Å². The maximum Gasteiger partial charge on any atom is 0.187 e. The summed E-state index contributed by atoms with van der Waals surface area (Å²) in [5.74, 6) is 3.05. The maximum atomic E-state index is 6.33. The van der Waals surface area contributed by atoms with E-state index in [0.29, 0.717) is 11.8 Å². The number of hydrogen-bond acceptors (Lipinski definition) is 2. The van der Waals surface area contributed by atoms with E-state index in [-0.39, 0.29) is 5.60 Å². The highest BCUT2D eigenvalue weighted by Crippen LogP contribution is 2.71. The molecule has 0 atom stereocenters. The van der Waals surface area contributed by atoms with E-state index in [1.807, 2.05) is 0 Å². The molecule has 2 aromatic rings. The molecule has 0 radical (unpaired) electrons. The Hall–Kier alpha value is -1.90. The lowest BCUT2D eigenvalue weighted by atomic mass is 9.44. The van der Waals surface area contributed by atoms with Crippen LogP contribution >= 0.6 is 0 Å². The largest absolute Gasteiger partial charge is 0.224 e. The highest BCUT2D eigenvalue weighted by atomic mass is 17.3. The number of rotatable bonds is 0. The minimum Gasteiger partial charge on any atom is -0.224 e. The van der Waals surface area contributed by atoms with E-state index in [2.05, 4.69) is 60.7 Å². The van der Waals surface area contributed by atoms with Crippen LogP contribution in [0.25, 0.3) is 12.2 Å². The molecular weight excluding hydrogens is 332 g/mol. The number of hydrogen-bond donors (Lipinski definition) is 0. The summed E-state index contributed by atoms with van der Waals surface area (Å²) in [6.45, 7) is 0. The van der Waals surface area contributed by atoms with Gasteiger partial charge in [0.15, 0.2) is 5.60 Å². The van der Waals surface area contributed by atoms with Crippen LogP contribution in [0, 0.1) is 23.7 Å². The molecule has 8 rings (SSSR count). The quantitative estimate of drug-likeness (QED) is 0.575. The van der Waals surface area contributed by atoms with Crippen LogP contribution in [0.15, 0.2) is 48.5 Å². The molecule has 6 aliphatic rings. The SMILES string of the molecule is C1=Cc2ccccc2C2(OOC23C2CC4CC(C2)CC3C4)c2ccccc21. The van der Waals surface area contributed by atoms with Crippen LogP contribution in [0.2, 0.25) is 0 Å². The lowest BCUT2D eigenvalue weighted by Gasteiger charge is -2.70. The van der Waals surface area contributed by atoms with Gasteiger partial charge in [-0.3, -0.25) is 0 Å². The van der Waals surface area contributed by atoms with Crippen molar-refractivity contribution in [3.05, 3.63) is 70.8 Å². The molecule has 0 N–H and O–H groups in total. The summed E-state index contributed by atoms with van der Waals surface area (Å²) in [7, 11) is 0. The third-order valence-corrected chi connectivity index (χ3v) is 8.33. The summed E-state index contributed by atoms with van der Waals surface area (Å²) in [6.07, 6.45) is 11.2. The number of fused-ring (bicyclic) bond motifs is 4. The van der Waals surface area contributed by atoms with Crippen molar-refractivity contribution in [2.75, 3.05) is 0 Å². The molecule has 1 aliphatic heterocycles. The molecule has 2 spiro atoms. The van der Waals surface area contributed by atoms with Gasteiger partial charge >= 0.3 is 0 Å². The average molecular weight is 356 g/mol. The van der Waals surface area contributed by atoms with Crippen molar-refractivity contribution in [1.29, 1.82) is 0 Å². The highest BCUT2D eigenvalue weighted by molar-refractivity contribution is 5.78. The molecule has 0 amide bonds. The molecule has 5 aliphatic carbocycles. The zero-order chi connectivity index (χ0) is 17.6. The summed E-state index contributed by atoms with van der Waals surface area (Å²) >= 11 is 0. The molecule has 2 aromatic carbocycles. The Morgan fingerprint density at radius 1 is 0.630 bits per heavy atom. The van der Waals surface area contributed by atoms with E-state index in [1.165, 1.54) is 54.4 Å². The Morgan fingerprint density at radius 2 is 1.15 bits per heavy atom. The second kappa shape index (κ2) is 4.92. The fourth-order valence-electron chi connectivity index (χ4n) is 7.58. The van der Waals surface area contributed by atoms with Gasteiger partial charge in [-0.15, -0.1) is 0 Å². The minimum atomic E-state index is -0.466. The molecule has 4 saturated carbocycles. The third-order valence-electron chi connectivity index (χ3n) is 8.33. The summed E-state index contributed by atoms with van der Waals surface area (Å²) in [5, 5.41) is 0. The van der Waals surface area contributed by atoms with Gasteiger partial charge in [0.1, 0.15) is 5.60 Å². The predicted molar refractivity (Wildman–Crippen MR) is 105 cm³/mol. The van der Waals surface area contributed by atoms with E-state index < -0.39 is 5.60 Å². The van der Waals surface area contributed by atoms with E-state index >= 15 is 0 Å². The lowest BCUT2D eigenvalue weighted by molar-refractivity contribution is -0.583. The Morgan fingerprint density at radius 3 is 1.63 bits per heavy atom. The Balaban J connectivity index is 1.53. The molecule has 2 nitrogen and oxygen atoms in total. The molecule has 1 saturated heterocycles. The van der Waals surface area contributed by atoms with Crippen molar-refractivity contribution >= 4 is 12.2 Å². The van der Waals surface area contributed by atoms with Crippen LogP contribution in [0.5, 0.6) is 0 Å². The highest BCUT2D eigenvalue weighted by Gasteiger charge is 2.76. The van der Waals surface area contributed by atoms with Gasteiger partial charge in [-0.1, -0.05) is 60.7 Å². The molecular formula is C25H24O2. The summed E-state index contributed by atoms with van der Waals surface area (Å²) in [4.78, 5) is 12.7. The van der Waals surface area contributed by atoms with Gasteiger partial charge in [-0.05, 0) is 66.9 Å². The topological polar surface area (TPSA) is 18.5 Å². The normalized spacial score (nSPS) is 39.1. The zero-order valence-electron chi connectivity index (χ0n) is 15.4. The average Bonchev–Trinajstić information content (AvgIpc) is 2.82. The fraction of sp³-hybridized carbons (Fsp3) is 0.440. The predicted octanol–water partition coefficient (Wildman–Crippen LogP) is 5.57. The molecule has 0 unspecified atom stereocenters. The molecule has 27 heavy (non-hydrogen) atoms. The number of benzene rings is 2. The molecule has 4 bridgehead atoms. The Kier molecular flexibility index (Phi) is 2.75. The summed E-state index contributed by atoms with van der Waals surface area (Å²) in [6, 6.07) is 17.6. The van der Waals surface area contributed by atoms with Crippen molar-refractivity contribution in [3.63, 3.8) is 0 Å². The van der Waals surface area contributed by atoms with Crippen molar-refractivity contribution in [3.8, 4) is 0 Å². The van der Waals surface area contributed by atoms with Gasteiger partial charge in [-0.2, -0.15) is 0 Å². The van der Waals surface area contributed by atoms with Gasteiger partial charge in [0, 0.05) is 11.1 Å². The molecule has 0 aromatic heterocycles. The van der Waals surface area contributed by atoms with Gasteiger partial charge in [0.05, 0.1) is 0 Å². The van der Waals surface area contributed by atoms with Gasteiger partial charge in [0.25, 0.3) is 0 Å². The summed E-state index contributed by atoms with van der Waals surface area (Å²) < 4.78 is 0. The maximum absolute atomic E-state index is 6.33. The minimum absolute atomic E-state index is 0.196. The van der Waals surface area contributed by atoms with Gasteiger partial charge in [0.2, 0.25) is 0 Å². The van der Waals surface area contributed by atoms with Crippen LogP contribution in [0.4, 0.5) is 0 Å². The zero-order valence-corrected chi connectivity index (χ0v) is 15.4. The van der Waals surface area contributed by atoms with Crippen molar-refractivity contribution in [2.45, 2.75) is 43.3 Å². The van der Waals surface area contributed by atoms with E-state index in [1.54, 1.807) is 0 Å². The monoisotopic (exact) mass is 356 g/mol. The van der Waals surface area contributed by atoms with E-state index in [9.17, 15) is 0 Å². The Bertz CT molecular complexity index is 894. The smallest absolute Gasteiger partial charge is 0.187 e. The first kappa shape index (κ1) is 15.1. The first-order chi connectivity index (χ1) is 13.3. The van der Waals surface area contributed by atoms with E-state index in [0.717, 1.165) is 11.8 Å². The van der Waals surface area contributed by atoms with Gasteiger partial charge in [-0.25, -0.2) is 9.78 Å². The standard InChI is InChI=1S/C25H24O2/c1-3-7-22-18(5-1)9-10-19-6-2-4-8-23(19)25(22)24(26-27-25)20-12-16-11-17(14-20)15-21(24)13-16/h1-10,16-17,20-21H,11-15H2. The van der Waals surface area contributed by atoms with E-state index in [4.69, 9.17) is 9.78 Å². The van der Waals surface area contributed by atoms with Crippen LogP contribution < -0.4 is 0 Å². The van der Waals surface area contributed by atoms with Crippen molar-refractivity contribution < 1.29 is 9.78 Å². The molecule has 136 valence electrons. The lowest BCUT2D eigenvalue weighted by Crippen LogP contribution is -2.76. The third kappa shape index (κ3) is 1.63. The van der Waals surface area contributed by atoms with Gasteiger partial charge < -0.3 is 0 Å². The Labute approximate surface area is 160 Å². The van der Waals surface area contributed by atoms with Crippen LogP contribution in [-0.4, -0.2) is 5.60 Å². The summed E-state index contributed by atoms with van der Waals surface area (Å²) in [5.41, 5.74) is 4.47. The first-order valence-electron chi connectivity index (χ1n) is 10.6. The van der Waals surface area contributed by atoms with Crippen LogP contribution in [0.1, 0.15) is 54.4 Å². The molecule has 2 heteroatoms. The molecule has 5 fully saturated rings. The van der Waals surface area contributed by atoms with Crippen LogP contribution in [0.3, 0.4) is 0 Å². The van der Waals surface area contributed by atoms with Crippen molar-refractivity contribution in [2.24, 2.45) is 23.7 Å². The van der Waals surface area contributed by atoms with Crippen molar-refractivity contribution in [1.82, 2.24) is 0 Å². The second-order valence-corrected chi connectivity index (χ2v) is 9.45.